The predicted molar refractivity (Wildman–Crippen MR) is 104 cm³/mol. The minimum Gasteiger partial charge on any atom is -0.369 e. The summed E-state index contributed by atoms with van der Waals surface area (Å²) in [6, 6.07) is 8.50. The number of piperidine rings is 1. The van der Waals surface area contributed by atoms with Gasteiger partial charge < -0.3 is 15.6 Å². The minimum absolute atomic E-state index is 0.448. The van der Waals surface area contributed by atoms with Gasteiger partial charge in [-0.25, -0.2) is 15.0 Å². The Kier molecular flexibility index (Phi) is 4.32. The Hall–Kier alpha value is -2.89. The molecular weight excluding hydrogens is 324 g/mol. The van der Waals surface area contributed by atoms with Gasteiger partial charge in [-0.2, -0.15) is 0 Å². The van der Waals surface area contributed by atoms with E-state index in [1.165, 1.54) is 11.1 Å². The van der Waals surface area contributed by atoms with Crippen molar-refractivity contribution >= 4 is 11.8 Å². The van der Waals surface area contributed by atoms with Crippen molar-refractivity contribution < 1.29 is 0 Å². The van der Waals surface area contributed by atoms with Crippen molar-refractivity contribution in [2.24, 2.45) is 0 Å². The molecule has 1 aliphatic rings. The maximum atomic E-state index is 5.81. The van der Waals surface area contributed by atoms with E-state index >= 15 is 0 Å². The molecular formula is C20H24N6. The molecule has 2 aromatic heterocycles. The first kappa shape index (κ1) is 16.6. The molecule has 3 N–H and O–H groups in total. The summed E-state index contributed by atoms with van der Waals surface area (Å²) in [4.78, 5) is 18.8. The van der Waals surface area contributed by atoms with E-state index < -0.39 is 0 Å². The summed E-state index contributed by atoms with van der Waals surface area (Å²) in [6.07, 6.45) is 5.64. The lowest BCUT2D eigenvalue weighted by atomic mass is 9.92. The van der Waals surface area contributed by atoms with Gasteiger partial charge in [-0.3, -0.25) is 0 Å². The van der Waals surface area contributed by atoms with Crippen LogP contribution in [0.25, 0.3) is 11.1 Å². The Morgan fingerprint density at radius 1 is 1.19 bits per heavy atom. The molecule has 0 radical (unpaired) electrons. The summed E-state index contributed by atoms with van der Waals surface area (Å²) < 4.78 is 0. The molecule has 0 aliphatic carbocycles. The largest absolute Gasteiger partial charge is 0.369 e. The lowest BCUT2D eigenvalue weighted by molar-refractivity contribution is 0.493. The zero-order valence-corrected chi connectivity index (χ0v) is 15.2. The number of nitrogen functional groups attached to an aromatic ring is 1. The SMILES string of the molecule is Cc1cccc(-c2cncnc2N2CCC(c3nc(N)[nH]c3C)CC2)c1. The second-order valence-corrected chi connectivity index (χ2v) is 7.02. The zero-order chi connectivity index (χ0) is 18.1. The Labute approximate surface area is 153 Å². The number of hydrogen-bond donors (Lipinski definition) is 2. The molecule has 3 heterocycles. The molecule has 0 atom stereocenters. The van der Waals surface area contributed by atoms with Crippen LogP contribution in [0.3, 0.4) is 0 Å². The fourth-order valence-corrected chi connectivity index (χ4v) is 3.85. The predicted octanol–water partition coefficient (Wildman–Crippen LogP) is 3.45. The van der Waals surface area contributed by atoms with E-state index in [2.05, 4.69) is 56.0 Å². The second kappa shape index (κ2) is 6.78. The number of anilines is 2. The van der Waals surface area contributed by atoms with E-state index in [1.54, 1.807) is 6.33 Å². The molecule has 1 fully saturated rings. The highest BCUT2D eigenvalue weighted by atomic mass is 15.2. The Balaban J connectivity index is 1.56. The van der Waals surface area contributed by atoms with Gasteiger partial charge in [0.1, 0.15) is 12.1 Å². The Morgan fingerprint density at radius 2 is 2.00 bits per heavy atom. The van der Waals surface area contributed by atoms with Crippen molar-refractivity contribution in [3.05, 3.63) is 53.7 Å². The smallest absolute Gasteiger partial charge is 0.197 e. The van der Waals surface area contributed by atoms with Crippen LogP contribution in [-0.4, -0.2) is 33.0 Å². The van der Waals surface area contributed by atoms with Crippen LogP contribution in [-0.2, 0) is 0 Å². The van der Waals surface area contributed by atoms with E-state index in [0.29, 0.717) is 11.9 Å². The van der Waals surface area contributed by atoms with Gasteiger partial charge in [0, 0.05) is 36.5 Å². The first-order valence-electron chi connectivity index (χ1n) is 9.06. The molecule has 1 saturated heterocycles. The van der Waals surface area contributed by atoms with Gasteiger partial charge >= 0.3 is 0 Å². The lowest BCUT2D eigenvalue weighted by Crippen LogP contribution is -2.34. The number of aryl methyl sites for hydroxylation is 2. The summed E-state index contributed by atoms with van der Waals surface area (Å²) >= 11 is 0. The molecule has 0 saturated carbocycles. The van der Waals surface area contributed by atoms with Gasteiger partial charge in [0.05, 0.1) is 5.69 Å². The molecule has 3 aromatic rings. The Morgan fingerprint density at radius 3 is 2.69 bits per heavy atom. The highest BCUT2D eigenvalue weighted by molar-refractivity contribution is 5.75. The van der Waals surface area contributed by atoms with Crippen molar-refractivity contribution in [1.29, 1.82) is 0 Å². The second-order valence-electron chi connectivity index (χ2n) is 7.02. The number of benzene rings is 1. The molecule has 6 nitrogen and oxygen atoms in total. The van der Waals surface area contributed by atoms with Crippen LogP contribution in [0.5, 0.6) is 0 Å². The van der Waals surface area contributed by atoms with E-state index in [4.69, 9.17) is 5.73 Å². The maximum absolute atomic E-state index is 5.81. The molecule has 134 valence electrons. The molecule has 0 amide bonds. The van der Waals surface area contributed by atoms with Crippen LogP contribution in [0.1, 0.15) is 35.7 Å². The van der Waals surface area contributed by atoms with Crippen molar-refractivity contribution in [3.63, 3.8) is 0 Å². The number of rotatable bonds is 3. The normalized spacial score (nSPS) is 15.4. The van der Waals surface area contributed by atoms with Gasteiger partial charge in [0.15, 0.2) is 5.95 Å². The summed E-state index contributed by atoms with van der Waals surface area (Å²) in [7, 11) is 0. The van der Waals surface area contributed by atoms with E-state index in [9.17, 15) is 0 Å². The number of aromatic amines is 1. The lowest BCUT2D eigenvalue weighted by Gasteiger charge is -2.33. The number of hydrogen-bond acceptors (Lipinski definition) is 5. The highest BCUT2D eigenvalue weighted by Gasteiger charge is 2.26. The van der Waals surface area contributed by atoms with E-state index in [-0.39, 0.29) is 0 Å². The molecule has 1 aliphatic heterocycles. The van der Waals surface area contributed by atoms with Crippen molar-refractivity contribution in [3.8, 4) is 11.1 Å². The number of aromatic nitrogens is 4. The van der Waals surface area contributed by atoms with Crippen LogP contribution in [0.4, 0.5) is 11.8 Å². The third-order valence-electron chi connectivity index (χ3n) is 5.14. The van der Waals surface area contributed by atoms with Gasteiger partial charge in [-0.1, -0.05) is 29.8 Å². The fraction of sp³-hybridized carbons (Fsp3) is 0.350. The van der Waals surface area contributed by atoms with Gasteiger partial charge in [-0.15, -0.1) is 0 Å². The monoisotopic (exact) mass is 348 g/mol. The number of imidazole rings is 1. The summed E-state index contributed by atoms with van der Waals surface area (Å²) in [5.74, 6) is 1.98. The van der Waals surface area contributed by atoms with Gasteiger partial charge in [0.25, 0.3) is 0 Å². The standard InChI is InChI=1S/C20H24N6/c1-13-4-3-5-16(10-13)17-11-22-12-23-19(17)26-8-6-15(7-9-26)18-14(2)24-20(21)25-18/h3-5,10-12,15H,6-9H2,1-2H3,(H3,21,24,25). The summed E-state index contributed by atoms with van der Waals surface area (Å²) in [5.41, 5.74) is 11.5. The summed E-state index contributed by atoms with van der Waals surface area (Å²) in [5, 5.41) is 0. The van der Waals surface area contributed by atoms with Gasteiger partial charge in [-0.05, 0) is 32.3 Å². The number of nitrogens with one attached hydrogen (secondary N) is 1. The van der Waals surface area contributed by atoms with Crippen molar-refractivity contribution in [2.45, 2.75) is 32.6 Å². The minimum atomic E-state index is 0.448. The van der Waals surface area contributed by atoms with Crippen LogP contribution >= 0.6 is 0 Å². The van der Waals surface area contributed by atoms with Crippen LogP contribution in [0, 0.1) is 13.8 Å². The first-order valence-corrected chi connectivity index (χ1v) is 9.06. The van der Waals surface area contributed by atoms with Crippen LogP contribution in [0.2, 0.25) is 0 Å². The molecule has 4 rings (SSSR count). The van der Waals surface area contributed by atoms with E-state index in [0.717, 1.165) is 48.7 Å². The van der Waals surface area contributed by atoms with Crippen LogP contribution in [0.15, 0.2) is 36.8 Å². The molecule has 0 unspecified atom stereocenters. The number of nitrogens with zero attached hydrogens (tertiary/aromatic N) is 4. The fourth-order valence-electron chi connectivity index (χ4n) is 3.85. The topological polar surface area (TPSA) is 83.7 Å². The third-order valence-corrected chi connectivity index (χ3v) is 5.14. The number of nitrogens with two attached hydrogens (primary N) is 1. The maximum Gasteiger partial charge on any atom is 0.197 e. The molecule has 6 heteroatoms. The number of H-pyrrole nitrogens is 1. The highest BCUT2D eigenvalue weighted by Crippen LogP contribution is 2.34. The Bertz CT molecular complexity index is 908. The van der Waals surface area contributed by atoms with Crippen LogP contribution < -0.4 is 10.6 Å². The van der Waals surface area contributed by atoms with Crippen molar-refractivity contribution in [1.82, 2.24) is 19.9 Å². The first-order chi connectivity index (χ1) is 12.6. The third kappa shape index (κ3) is 3.14. The van der Waals surface area contributed by atoms with E-state index in [1.807, 2.05) is 13.1 Å². The molecule has 26 heavy (non-hydrogen) atoms. The average Bonchev–Trinajstić information content (AvgIpc) is 3.00. The average molecular weight is 348 g/mol. The van der Waals surface area contributed by atoms with Crippen molar-refractivity contribution in [2.75, 3.05) is 23.7 Å². The quantitative estimate of drug-likeness (QED) is 0.757. The molecule has 0 spiro atoms. The zero-order valence-electron chi connectivity index (χ0n) is 15.2. The molecule has 0 bridgehead atoms. The molecule has 1 aromatic carbocycles. The van der Waals surface area contributed by atoms with Gasteiger partial charge in [0.2, 0.25) is 0 Å². The summed E-state index contributed by atoms with van der Waals surface area (Å²) in [6.45, 7) is 6.06.